The number of nitro benzene ring substituents is 1. The van der Waals surface area contributed by atoms with Gasteiger partial charge in [0.15, 0.2) is 5.82 Å². The minimum absolute atomic E-state index is 0.0524. The molecule has 1 aliphatic heterocycles. The summed E-state index contributed by atoms with van der Waals surface area (Å²) in [5.74, 6) is -1.35. The molecule has 0 fully saturated rings. The van der Waals surface area contributed by atoms with Gasteiger partial charge in [-0.1, -0.05) is 48.5 Å². The summed E-state index contributed by atoms with van der Waals surface area (Å²) in [6.07, 6.45) is -0.328. The Morgan fingerprint density at radius 1 is 1.12 bits per heavy atom. The van der Waals surface area contributed by atoms with Crippen LogP contribution in [-0.2, 0) is 16.6 Å². The predicted octanol–water partition coefficient (Wildman–Crippen LogP) is 4.80. The molecule has 0 saturated heterocycles. The number of benzene rings is 2. The van der Waals surface area contributed by atoms with E-state index in [1.165, 1.54) is 6.07 Å². The van der Waals surface area contributed by atoms with E-state index in [1.807, 2.05) is 30.3 Å². The highest BCUT2D eigenvalue weighted by atomic mass is 16.6. The first kappa shape index (κ1) is 21.4. The van der Waals surface area contributed by atoms with E-state index in [2.05, 4.69) is 5.10 Å². The van der Waals surface area contributed by atoms with E-state index in [0.29, 0.717) is 28.4 Å². The fraction of sp³-hybridized carbons (Fsp3) is 0.292. The van der Waals surface area contributed by atoms with Crippen molar-refractivity contribution in [2.45, 2.75) is 32.8 Å². The zero-order valence-corrected chi connectivity index (χ0v) is 18.4. The molecule has 1 aliphatic rings. The first-order valence-electron chi connectivity index (χ1n) is 10.4. The van der Waals surface area contributed by atoms with Gasteiger partial charge in [-0.05, 0) is 20.8 Å². The minimum Gasteiger partial charge on any atom is -0.462 e. The summed E-state index contributed by atoms with van der Waals surface area (Å²) >= 11 is 0. The van der Waals surface area contributed by atoms with Crippen LogP contribution in [0.4, 0.5) is 11.5 Å². The summed E-state index contributed by atoms with van der Waals surface area (Å²) in [6, 6.07) is 16.1. The molecule has 32 heavy (non-hydrogen) atoms. The Bertz CT molecular complexity index is 1210. The lowest BCUT2D eigenvalue weighted by atomic mass is 9.75. The highest BCUT2D eigenvalue weighted by molar-refractivity contribution is 6.05. The number of carbonyl (C=O) groups is 1. The van der Waals surface area contributed by atoms with E-state index < -0.39 is 22.7 Å². The zero-order valence-electron chi connectivity index (χ0n) is 18.4. The van der Waals surface area contributed by atoms with Gasteiger partial charge in [-0.25, -0.2) is 4.99 Å². The summed E-state index contributed by atoms with van der Waals surface area (Å²) in [5, 5.41) is 16.6. The number of rotatable bonds is 5. The molecule has 0 aliphatic carbocycles. The van der Waals surface area contributed by atoms with Gasteiger partial charge in [-0.15, -0.1) is 0 Å². The van der Waals surface area contributed by atoms with Gasteiger partial charge >= 0.3 is 5.97 Å². The molecule has 1 aromatic heterocycles. The quantitative estimate of drug-likeness (QED) is 0.327. The summed E-state index contributed by atoms with van der Waals surface area (Å²) in [4.78, 5) is 29.4. The predicted molar refractivity (Wildman–Crippen MR) is 121 cm³/mol. The number of carbonyl (C=O) groups excluding carboxylic acids is 1. The Balaban J connectivity index is 2.03. The first-order valence-corrected chi connectivity index (χ1v) is 10.4. The molecule has 0 N–H and O–H groups in total. The second-order valence-corrected chi connectivity index (χ2v) is 8.09. The fourth-order valence-electron chi connectivity index (χ4n) is 4.27. The lowest BCUT2D eigenvalue weighted by Crippen LogP contribution is -2.35. The van der Waals surface area contributed by atoms with Gasteiger partial charge < -0.3 is 4.74 Å². The van der Waals surface area contributed by atoms with Crippen molar-refractivity contribution in [1.29, 1.82) is 0 Å². The Labute approximate surface area is 185 Å². The molecule has 164 valence electrons. The van der Waals surface area contributed by atoms with Crippen molar-refractivity contribution in [2.75, 3.05) is 0 Å². The monoisotopic (exact) mass is 432 g/mol. The number of hydrogen-bond donors (Lipinski definition) is 0. The number of hydrogen-bond acceptors (Lipinski definition) is 6. The number of fused-ring (bicyclic) bond motifs is 1. The van der Waals surface area contributed by atoms with Crippen LogP contribution in [0.15, 0.2) is 59.6 Å². The normalized spacial score (nSPS) is 17.6. The number of aliphatic imine (C=N–C) groups is 1. The molecule has 2 heterocycles. The van der Waals surface area contributed by atoms with Crippen LogP contribution >= 0.6 is 0 Å². The first-order chi connectivity index (χ1) is 15.3. The molecular weight excluding hydrogens is 408 g/mol. The SMILES string of the molecule is CC1=Nc2c(c(-c3ccccc3)nn2C)C(c2ccccc2[N+](=O)[O-])C1C(=O)OC(C)C. The average Bonchev–Trinajstić information content (AvgIpc) is 3.09. The number of nitrogens with zero attached hydrogens (tertiary/aromatic N) is 4. The van der Waals surface area contributed by atoms with E-state index in [-0.39, 0.29) is 11.8 Å². The summed E-state index contributed by atoms with van der Waals surface area (Å²) in [7, 11) is 1.78. The highest BCUT2D eigenvalue weighted by Crippen LogP contribution is 2.49. The number of esters is 1. The smallest absolute Gasteiger partial charge is 0.315 e. The maximum atomic E-state index is 13.2. The number of aromatic nitrogens is 2. The summed E-state index contributed by atoms with van der Waals surface area (Å²) in [6.45, 7) is 5.31. The topological polar surface area (TPSA) is 99.6 Å². The van der Waals surface area contributed by atoms with Gasteiger partial charge in [0.1, 0.15) is 5.92 Å². The lowest BCUT2D eigenvalue weighted by Gasteiger charge is -2.30. The number of para-hydroxylation sites is 1. The van der Waals surface area contributed by atoms with E-state index in [1.54, 1.807) is 50.7 Å². The van der Waals surface area contributed by atoms with Crippen LogP contribution in [0.25, 0.3) is 11.3 Å². The molecular formula is C24H24N4O4. The van der Waals surface area contributed by atoms with Crippen LogP contribution in [0.3, 0.4) is 0 Å². The molecule has 8 nitrogen and oxygen atoms in total. The average molecular weight is 432 g/mol. The van der Waals surface area contributed by atoms with E-state index in [9.17, 15) is 14.9 Å². The van der Waals surface area contributed by atoms with Crippen LogP contribution < -0.4 is 0 Å². The Hall–Kier alpha value is -3.81. The third-order valence-electron chi connectivity index (χ3n) is 5.55. The largest absolute Gasteiger partial charge is 0.462 e. The van der Waals surface area contributed by atoms with Crippen molar-refractivity contribution < 1.29 is 14.5 Å². The second-order valence-electron chi connectivity index (χ2n) is 8.09. The second kappa shape index (κ2) is 8.37. The molecule has 0 spiro atoms. The van der Waals surface area contributed by atoms with Crippen LogP contribution in [0.1, 0.15) is 37.8 Å². The van der Waals surface area contributed by atoms with Gasteiger partial charge in [0.25, 0.3) is 5.69 Å². The molecule has 3 aromatic rings. The Morgan fingerprint density at radius 3 is 2.44 bits per heavy atom. The molecule has 0 bridgehead atoms. The molecule has 8 heteroatoms. The van der Waals surface area contributed by atoms with Crippen LogP contribution in [0.2, 0.25) is 0 Å². The lowest BCUT2D eigenvalue weighted by molar-refractivity contribution is -0.385. The van der Waals surface area contributed by atoms with Crippen LogP contribution in [0, 0.1) is 16.0 Å². The Kier molecular flexibility index (Phi) is 5.61. The van der Waals surface area contributed by atoms with Crippen molar-refractivity contribution >= 4 is 23.2 Å². The van der Waals surface area contributed by atoms with Crippen molar-refractivity contribution in [3.8, 4) is 11.3 Å². The van der Waals surface area contributed by atoms with Crippen molar-refractivity contribution in [1.82, 2.24) is 9.78 Å². The molecule has 2 aromatic carbocycles. The number of aryl methyl sites for hydroxylation is 1. The van der Waals surface area contributed by atoms with E-state index in [0.717, 1.165) is 5.56 Å². The molecule has 2 unspecified atom stereocenters. The van der Waals surface area contributed by atoms with Gasteiger partial charge in [-0.2, -0.15) is 5.10 Å². The standard InChI is InChI=1S/C24H24N4O4/c1-14(2)32-24(29)19-15(3)25-23-21(20(19)17-12-8-9-13-18(17)28(30)31)22(26-27(23)4)16-10-6-5-7-11-16/h5-14,19-20H,1-4H3. The van der Waals surface area contributed by atoms with Crippen molar-refractivity contribution in [2.24, 2.45) is 18.0 Å². The molecule has 2 atom stereocenters. The number of ether oxygens (including phenoxy) is 1. The van der Waals surface area contributed by atoms with Gasteiger partial charge in [0, 0.05) is 41.4 Å². The van der Waals surface area contributed by atoms with Gasteiger partial charge in [0.2, 0.25) is 0 Å². The number of nitro groups is 1. The highest BCUT2D eigenvalue weighted by Gasteiger charge is 2.44. The molecule has 0 saturated carbocycles. The van der Waals surface area contributed by atoms with Gasteiger partial charge in [-0.3, -0.25) is 19.6 Å². The molecule has 0 amide bonds. The van der Waals surface area contributed by atoms with Crippen LogP contribution in [0.5, 0.6) is 0 Å². The maximum Gasteiger partial charge on any atom is 0.315 e. The van der Waals surface area contributed by atoms with Crippen molar-refractivity contribution in [3.63, 3.8) is 0 Å². The zero-order chi connectivity index (χ0) is 23.0. The van der Waals surface area contributed by atoms with Crippen molar-refractivity contribution in [3.05, 3.63) is 75.8 Å². The molecule has 0 radical (unpaired) electrons. The third-order valence-corrected chi connectivity index (χ3v) is 5.55. The van der Waals surface area contributed by atoms with Crippen LogP contribution in [-0.4, -0.2) is 32.5 Å². The minimum atomic E-state index is -0.808. The van der Waals surface area contributed by atoms with E-state index >= 15 is 0 Å². The van der Waals surface area contributed by atoms with Gasteiger partial charge in [0.05, 0.1) is 16.7 Å². The fourth-order valence-corrected chi connectivity index (χ4v) is 4.27. The van der Waals surface area contributed by atoms with E-state index in [4.69, 9.17) is 9.73 Å². The summed E-state index contributed by atoms with van der Waals surface area (Å²) < 4.78 is 7.22. The maximum absolute atomic E-state index is 13.2. The molecule has 4 rings (SSSR count). The Morgan fingerprint density at radius 2 is 1.78 bits per heavy atom. The third kappa shape index (κ3) is 3.68. The summed E-state index contributed by atoms with van der Waals surface area (Å²) in [5.41, 5.74) is 3.09.